The fraction of sp³-hybridized carbons (Fsp3) is 0.111. The van der Waals surface area contributed by atoms with Crippen molar-refractivity contribution in [1.29, 1.82) is 0 Å². The van der Waals surface area contributed by atoms with E-state index < -0.39 is 12.3 Å². The fourth-order valence-electron chi connectivity index (χ4n) is 2.30. The average Bonchev–Trinajstić information content (AvgIpc) is 3.43. The number of thioether (sulfide) groups is 1. The molecule has 0 amide bonds. The summed E-state index contributed by atoms with van der Waals surface area (Å²) in [6.07, 6.45) is -0.595. The first-order valence-electron chi connectivity index (χ1n) is 8.21. The van der Waals surface area contributed by atoms with E-state index in [9.17, 15) is 13.6 Å². The lowest BCUT2D eigenvalue weighted by molar-refractivity contribution is 0.112. The third-order valence-corrected chi connectivity index (χ3v) is 4.59. The van der Waals surface area contributed by atoms with E-state index >= 15 is 0 Å². The number of hydrogen-bond donors (Lipinski definition) is 0. The number of rotatable bonds is 7. The minimum absolute atomic E-state index is 0.0193. The van der Waals surface area contributed by atoms with Crippen molar-refractivity contribution in [3.05, 3.63) is 59.7 Å². The summed E-state index contributed by atoms with van der Waals surface area (Å²) >= 11 is 1.30. The summed E-state index contributed by atoms with van der Waals surface area (Å²) < 4.78 is 35.5. The lowest BCUT2D eigenvalue weighted by Crippen LogP contribution is -1.88. The Bertz CT molecular complexity index is 1110. The highest BCUT2D eigenvalue weighted by Crippen LogP contribution is 2.27. The van der Waals surface area contributed by atoms with E-state index in [4.69, 9.17) is 8.83 Å². The summed E-state index contributed by atoms with van der Waals surface area (Å²) in [6.45, 7) is 0. The molecule has 0 saturated heterocycles. The van der Waals surface area contributed by atoms with Crippen LogP contribution in [0, 0.1) is 0 Å². The second-order valence-electron chi connectivity index (χ2n) is 5.69. The number of aromatic nitrogens is 5. The van der Waals surface area contributed by atoms with Gasteiger partial charge in [0.15, 0.2) is 0 Å². The van der Waals surface area contributed by atoms with Crippen molar-refractivity contribution in [3.8, 4) is 22.9 Å². The SMILES string of the molecule is O=Cc1ccc(-c2nnc(SCc3ccc(-c4nnc(C(F)F)o4)cn3)o2)cc1. The van der Waals surface area contributed by atoms with Crippen molar-refractivity contribution < 1.29 is 22.4 Å². The Hall–Kier alpha value is -3.47. The summed E-state index contributed by atoms with van der Waals surface area (Å²) in [7, 11) is 0. The fourth-order valence-corrected chi connectivity index (χ4v) is 2.98. The van der Waals surface area contributed by atoms with Crippen LogP contribution < -0.4 is 0 Å². The van der Waals surface area contributed by atoms with Crippen molar-refractivity contribution >= 4 is 18.0 Å². The Morgan fingerprint density at radius 2 is 1.66 bits per heavy atom. The minimum atomic E-state index is -2.82. The maximum absolute atomic E-state index is 12.5. The van der Waals surface area contributed by atoms with Gasteiger partial charge in [-0.25, -0.2) is 0 Å². The van der Waals surface area contributed by atoms with E-state index in [1.54, 1.807) is 36.4 Å². The van der Waals surface area contributed by atoms with Crippen LogP contribution >= 0.6 is 11.8 Å². The van der Waals surface area contributed by atoms with Gasteiger partial charge in [0.1, 0.15) is 6.29 Å². The Morgan fingerprint density at radius 1 is 0.931 bits per heavy atom. The summed E-state index contributed by atoms with van der Waals surface area (Å²) in [6, 6.07) is 10.1. The maximum atomic E-state index is 12.5. The molecular formula is C18H11F2N5O3S. The first-order chi connectivity index (χ1) is 14.1. The highest BCUT2D eigenvalue weighted by atomic mass is 32.2. The van der Waals surface area contributed by atoms with Crippen molar-refractivity contribution in [2.75, 3.05) is 0 Å². The van der Waals surface area contributed by atoms with Gasteiger partial charge in [-0.1, -0.05) is 23.9 Å². The molecule has 1 aromatic carbocycles. The van der Waals surface area contributed by atoms with Crippen LogP contribution in [0.5, 0.6) is 0 Å². The number of pyridine rings is 1. The predicted octanol–water partition coefficient (Wildman–Crippen LogP) is 4.22. The molecule has 0 N–H and O–H groups in total. The van der Waals surface area contributed by atoms with E-state index in [-0.39, 0.29) is 5.89 Å². The van der Waals surface area contributed by atoms with Crippen LogP contribution in [0.15, 0.2) is 56.7 Å². The molecule has 0 unspecified atom stereocenters. The molecule has 8 nitrogen and oxygen atoms in total. The van der Waals surface area contributed by atoms with Crippen molar-refractivity contribution in [1.82, 2.24) is 25.4 Å². The number of benzene rings is 1. The number of halogens is 2. The molecule has 0 bridgehead atoms. The molecule has 146 valence electrons. The smallest absolute Gasteiger partial charge is 0.314 e. The molecule has 4 aromatic rings. The zero-order valence-corrected chi connectivity index (χ0v) is 15.3. The summed E-state index contributed by atoms with van der Waals surface area (Å²) in [5, 5.41) is 15.2. The van der Waals surface area contributed by atoms with Crippen LogP contribution in [-0.4, -0.2) is 31.7 Å². The molecule has 3 heterocycles. The van der Waals surface area contributed by atoms with Gasteiger partial charge in [0.05, 0.1) is 11.3 Å². The number of alkyl halides is 2. The Labute approximate surface area is 166 Å². The standard InChI is InChI=1S/C18H11F2N5O3S/c19-14(20)17-24-22-16(27-17)12-5-6-13(21-7-12)9-29-18-25-23-15(28-18)11-3-1-10(8-26)2-4-11/h1-8,14H,9H2. The van der Waals surface area contributed by atoms with Gasteiger partial charge in [0.2, 0.25) is 11.8 Å². The van der Waals surface area contributed by atoms with Crippen molar-refractivity contribution in [3.63, 3.8) is 0 Å². The van der Waals surface area contributed by atoms with Crippen LogP contribution in [0.2, 0.25) is 0 Å². The molecule has 29 heavy (non-hydrogen) atoms. The summed E-state index contributed by atoms with van der Waals surface area (Å²) in [5.74, 6) is 0.0548. The number of nitrogens with zero attached hydrogens (tertiary/aromatic N) is 5. The van der Waals surface area contributed by atoms with E-state index in [2.05, 4.69) is 25.4 Å². The van der Waals surface area contributed by atoms with Crippen LogP contribution in [0.4, 0.5) is 8.78 Å². The van der Waals surface area contributed by atoms with Gasteiger partial charge >= 0.3 is 6.43 Å². The molecule has 4 rings (SSSR count). The molecule has 0 saturated carbocycles. The van der Waals surface area contributed by atoms with Gasteiger partial charge in [-0.15, -0.1) is 20.4 Å². The molecule has 0 aliphatic heterocycles. The quantitative estimate of drug-likeness (QED) is 0.324. The molecule has 0 aliphatic rings. The normalized spacial score (nSPS) is 11.1. The third-order valence-electron chi connectivity index (χ3n) is 3.74. The Kier molecular flexibility index (Phi) is 5.38. The molecule has 0 spiro atoms. The topological polar surface area (TPSA) is 108 Å². The molecular weight excluding hydrogens is 404 g/mol. The second-order valence-corrected chi connectivity index (χ2v) is 6.61. The number of aldehydes is 1. The first-order valence-corrected chi connectivity index (χ1v) is 9.19. The zero-order valence-electron chi connectivity index (χ0n) is 14.5. The highest BCUT2D eigenvalue weighted by molar-refractivity contribution is 7.98. The van der Waals surface area contributed by atoms with Crippen LogP contribution in [0.3, 0.4) is 0 Å². The average molecular weight is 415 g/mol. The van der Waals surface area contributed by atoms with Gasteiger partial charge in [-0.05, 0) is 24.3 Å². The Morgan fingerprint density at radius 3 is 2.31 bits per heavy atom. The van der Waals surface area contributed by atoms with Crippen LogP contribution in [0.25, 0.3) is 22.9 Å². The van der Waals surface area contributed by atoms with Gasteiger partial charge < -0.3 is 8.83 Å². The van der Waals surface area contributed by atoms with E-state index in [0.29, 0.717) is 39.3 Å². The minimum Gasteiger partial charge on any atom is -0.415 e. The molecule has 0 aliphatic carbocycles. The number of carbonyl (C=O) groups is 1. The molecule has 0 fully saturated rings. The van der Waals surface area contributed by atoms with Crippen molar-refractivity contribution in [2.24, 2.45) is 0 Å². The maximum Gasteiger partial charge on any atom is 0.314 e. The van der Waals surface area contributed by atoms with E-state index in [0.717, 1.165) is 6.29 Å². The summed E-state index contributed by atoms with van der Waals surface area (Å²) in [4.78, 5) is 15.0. The van der Waals surface area contributed by atoms with E-state index in [1.807, 2.05) is 0 Å². The van der Waals surface area contributed by atoms with Gasteiger partial charge in [0.25, 0.3) is 11.1 Å². The monoisotopic (exact) mass is 415 g/mol. The largest absolute Gasteiger partial charge is 0.415 e. The van der Waals surface area contributed by atoms with Gasteiger partial charge in [0, 0.05) is 23.1 Å². The van der Waals surface area contributed by atoms with Crippen LogP contribution in [-0.2, 0) is 5.75 Å². The predicted molar refractivity (Wildman–Crippen MR) is 97.2 cm³/mol. The molecule has 0 atom stereocenters. The highest BCUT2D eigenvalue weighted by Gasteiger charge is 2.17. The molecule has 0 radical (unpaired) electrons. The van der Waals surface area contributed by atoms with Gasteiger partial charge in [-0.3, -0.25) is 9.78 Å². The number of carbonyl (C=O) groups excluding carboxylic acids is 1. The summed E-state index contributed by atoms with van der Waals surface area (Å²) in [5.41, 5.74) is 2.42. The molecule has 11 heteroatoms. The number of hydrogen-bond acceptors (Lipinski definition) is 9. The Balaban J connectivity index is 1.39. The van der Waals surface area contributed by atoms with Gasteiger partial charge in [-0.2, -0.15) is 8.78 Å². The van der Waals surface area contributed by atoms with Crippen molar-refractivity contribution in [2.45, 2.75) is 17.4 Å². The van der Waals surface area contributed by atoms with E-state index in [1.165, 1.54) is 18.0 Å². The second kappa shape index (κ2) is 8.27. The molecule has 3 aromatic heterocycles. The van der Waals surface area contributed by atoms with Crippen LogP contribution in [0.1, 0.15) is 28.4 Å². The first kappa shape index (κ1) is 18.9. The zero-order chi connectivity index (χ0) is 20.2. The third kappa shape index (κ3) is 4.35. The lowest BCUT2D eigenvalue weighted by Gasteiger charge is -1.99. The lowest BCUT2D eigenvalue weighted by atomic mass is 10.1.